The normalized spacial score (nSPS) is 25.5. The van der Waals surface area contributed by atoms with E-state index in [4.69, 9.17) is 0 Å². The van der Waals surface area contributed by atoms with Gasteiger partial charge in [0.05, 0.1) is 11.1 Å². The van der Waals surface area contributed by atoms with Crippen LogP contribution in [0, 0.1) is 11.1 Å². The average Bonchev–Trinajstić information content (AvgIpc) is 3.18. The number of aryl methyl sites for hydroxylation is 1. The smallest absolute Gasteiger partial charge is 0.316 e. The predicted octanol–water partition coefficient (Wildman–Crippen LogP) is 3.13. The summed E-state index contributed by atoms with van der Waals surface area (Å²) in [6.45, 7) is 0. The number of carbonyl (C=O) groups is 3. The molecule has 2 heterocycles. The van der Waals surface area contributed by atoms with Crippen LogP contribution in [-0.2, 0) is 11.2 Å². The highest BCUT2D eigenvalue weighted by atomic mass is 16.6. The highest BCUT2D eigenvalue weighted by molar-refractivity contribution is 6.20. The van der Waals surface area contributed by atoms with Crippen molar-refractivity contribution in [1.82, 2.24) is 5.01 Å². The topological polar surface area (TPSA) is 97.7 Å². The number of amides is 2. The molecule has 4 rings (SSSR count). The molecule has 2 aromatic rings. The van der Waals surface area contributed by atoms with Crippen molar-refractivity contribution in [2.75, 3.05) is 0 Å². The molecule has 0 bridgehead atoms. The van der Waals surface area contributed by atoms with Crippen LogP contribution >= 0.6 is 0 Å². The molecule has 7 nitrogen and oxygen atoms in total. The summed E-state index contributed by atoms with van der Waals surface area (Å²) in [6, 6.07) is 14.9. The lowest BCUT2D eigenvalue weighted by Gasteiger charge is -2.46. The monoisotopic (exact) mass is 392 g/mol. The first-order valence-electron chi connectivity index (χ1n) is 9.47. The maximum atomic E-state index is 13.8. The molecule has 0 fully saturated rings. The summed E-state index contributed by atoms with van der Waals surface area (Å²) in [6.07, 6.45) is 3.91. The second-order valence-electron chi connectivity index (χ2n) is 7.29. The molecule has 1 N–H and O–H groups in total. The Morgan fingerprint density at radius 2 is 1.59 bits per heavy atom. The molecule has 0 saturated heterocycles. The largest absolute Gasteiger partial charge is 0.601 e. The molecule has 0 spiro atoms. The molecule has 0 aliphatic carbocycles. The SMILES string of the molecule is O=C(O)C1C=C[N@@+]([O-])(N2C(=O)c3ccccc3C2=O)C1CCCc1ccccc1. The first-order chi connectivity index (χ1) is 13.9. The molecular formula is C22H20N2O5. The van der Waals surface area contributed by atoms with Crippen LogP contribution in [-0.4, -0.2) is 38.7 Å². The van der Waals surface area contributed by atoms with Gasteiger partial charge >= 0.3 is 17.8 Å². The van der Waals surface area contributed by atoms with E-state index in [1.165, 1.54) is 18.2 Å². The van der Waals surface area contributed by atoms with Gasteiger partial charge in [-0.05, 0) is 36.6 Å². The van der Waals surface area contributed by atoms with Crippen molar-refractivity contribution in [2.45, 2.75) is 25.3 Å². The van der Waals surface area contributed by atoms with Gasteiger partial charge in [-0.15, -0.1) is 5.01 Å². The molecule has 7 heteroatoms. The Bertz CT molecular complexity index is 968. The number of carbonyl (C=O) groups excluding carboxylic acids is 2. The molecule has 2 amide bonds. The maximum absolute atomic E-state index is 13.8. The molecule has 2 aliphatic heterocycles. The van der Waals surface area contributed by atoms with Gasteiger partial charge in [0.1, 0.15) is 18.2 Å². The van der Waals surface area contributed by atoms with Gasteiger partial charge in [0, 0.05) is 6.42 Å². The van der Waals surface area contributed by atoms with Crippen LogP contribution in [0.1, 0.15) is 39.1 Å². The Morgan fingerprint density at radius 1 is 1.00 bits per heavy atom. The summed E-state index contributed by atoms with van der Waals surface area (Å²) in [5, 5.41) is 24.0. The number of benzene rings is 2. The molecule has 0 saturated carbocycles. The zero-order chi connectivity index (χ0) is 20.6. The van der Waals surface area contributed by atoms with E-state index in [0.29, 0.717) is 17.9 Å². The third-order valence-electron chi connectivity index (χ3n) is 5.58. The number of rotatable bonds is 6. The number of hydroxylamine groups is 2. The molecule has 148 valence electrons. The Labute approximate surface area is 167 Å². The lowest BCUT2D eigenvalue weighted by Crippen LogP contribution is -2.60. The van der Waals surface area contributed by atoms with Gasteiger partial charge in [-0.25, -0.2) is 4.76 Å². The van der Waals surface area contributed by atoms with E-state index in [1.54, 1.807) is 12.1 Å². The lowest BCUT2D eigenvalue weighted by atomic mass is 9.95. The minimum Gasteiger partial charge on any atom is -0.601 e. The number of quaternary nitrogens is 1. The number of aliphatic carboxylic acids is 1. The second-order valence-corrected chi connectivity index (χ2v) is 7.29. The number of carboxylic acid groups (broad SMARTS) is 1. The molecule has 29 heavy (non-hydrogen) atoms. The van der Waals surface area contributed by atoms with Crippen molar-refractivity contribution in [3.63, 3.8) is 0 Å². The van der Waals surface area contributed by atoms with Crippen molar-refractivity contribution in [3.8, 4) is 0 Å². The van der Waals surface area contributed by atoms with E-state index in [-0.39, 0.29) is 17.5 Å². The maximum Gasteiger partial charge on any atom is 0.316 e. The number of nitrogens with zero attached hydrogens (tertiary/aromatic N) is 2. The fourth-order valence-electron chi connectivity index (χ4n) is 4.13. The van der Waals surface area contributed by atoms with Crippen LogP contribution in [0.2, 0.25) is 0 Å². The Kier molecular flexibility index (Phi) is 4.77. The van der Waals surface area contributed by atoms with Crippen LogP contribution in [0.5, 0.6) is 0 Å². The highest BCUT2D eigenvalue weighted by Gasteiger charge is 2.54. The fourth-order valence-corrected chi connectivity index (χ4v) is 4.13. The molecule has 0 radical (unpaired) electrons. The number of carboxylic acids is 1. The first kappa shape index (κ1) is 19.0. The van der Waals surface area contributed by atoms with E-state index in [1.807, 2.05) is 30.3 Å². The summed E-state index contributed by atoms with van der Waals surface area (Å²) >= 11 is 0. The molecule has 2 unspecified atom stereocenters. The number of hydrogen-bond acceptors (Lipinski definition) is 4. The van der Waals surface area contributed by atoms with E-state index < -0.39 is 34.5 Å². The van der Waals surface area contributed by atoms with Crippen molar-refractivity contribution < 1.29 is 24.2 Å². The zero-order valence-electron chi connectivity index (χ0n) is 15.6. The van der Waals surface area contributed by atoms with Gasteiger partial charge in [0.2, 0.25) is 0 Å². The van der Waals surface area contributed by atoms with Gasteiger partial charge in [-0.1, -0.05) is 42.5 Å². The molecule has 3 atom stereocenters. The standard InChI is InChI=1S/C22H20N2O5/c25-20-16-10-4-5-11-17(16)21(26)23(20)24(29)14-13-18(22(27)28)19(24)12-6-9-15-7-2-1-3-8-15/h1-5,7-8,10-11,13-14,18-19H,6,9,12H2,(H,27,28)/t18?,19?,24-/m0/s1. The lowest BCUT2D eigenvalue weighted by molar-refractivity contribution is -0.941. The fraction of sp³-hybridized carbons (Fsp3) is 0.227. The van der Waals surface area contributed by atoms with Crippen molar-refractivity contribution >= 4 is 17.8 Å². The summed E-state index contributed by atoms with van der Waals surface area (Å²) in [5.41, 5.74) is 1.41. The Balaban J connectivity index is 1.60. The van der Waals surface area contributed by atoms with Crippen molar-refractivity contribution in [1.29, 1.82) is 0 Å². The molecule has 0 aromatic heterocycles. The number of fused-ring (bicyclic) bond motifs is 1. The minimum atomic E-state index is -1.39. The highest BCUT2D eigenvalue weighted by Crippen LogP contribution is 2.39. The summed E-state index contributed by atoms with van der Waals surface area (Å²) in [7, 11) is 0. The average molecular weight is 392 g/mol. The second kappa shape index (κ2) is 7.27. The van der Waals surface area contributed by atoms with Crippen LogP contribution in [0.15, 0.2) is 66.9 Å². The van der Waals surface area contributed by atoms with Gasteiger partial charge in [-0.2, -0.15) is 0 Å². The first-order valence-corrected chi connectivity index (χ1v) is 9.47. The van der Waals surface area contributed by atoms with Gasteiger partial charge in [0.25, 0.3) is 0 Å². The van der Waals surface area contributed by atoms with E-state index in [2.05, 4.69) is 0 Å². The van der Waals surface area contributed by atoms with Gasteiger partial charge in [0.15, 0.2) is 0 Å². The van der Waals surface area contributed by atoms with E-state index >= 15 is 0 Å². The Morgan fingerprint density at radius 3 is 2.17 bits per heavy atom. The quantitative estimate of drug-likeness (QED) is 0.463. The van der Waals surface area contributed by atoms with Crippen LogP contribution in [0.25, 0.3) is 0 Å². The van der Waals surface area contributed by atoms with Crippen LogP contribution in [0.3, 0.4) is 0 Å². The van der Waals surface area contributed by atoms with Crippen LogP contribution < -0.4 is 0 Å². The summed E-state index contributed by atoms with van der Waals surface area (Å²) in [4.78, 5) is 37.4. The van der Waals surface area contributed by atoms with Gasteiger partial charge in [-0.3, -0.25) is 14.4 Å². The minimum absolute atomic E-state index is 0.168. The molecule has 2 aliphatic rings. The van der Waals surface area contributed by atoms with Crippen molar-refractivity contribution in [2.24, 2.45) is 5.92 Å². The molecular weight excluding hydrogens is 372 g/mol. The van der Waals surface area contributed by atoms with Gasteiger partial charge < -0.3 is 10.3 Å². The third kappa shape index (κ3) is 3.14. The van der Waals surface area contributed by atoms with Crippen molar-refractivity contribution in [3.05, 3.63) is 88.8 Å². The van der Waals surface area contributed by atoms with E-state index in [9.17, 15) is 24.7 Å². The predicted molar refractivity (Wildman–Crippen MR) is 104 cm³/mol. The summed E-state index contributed by atoms with van der Waals surface area (Å²) < 4.78 is -1.39. The number of imide groups is 1. The van der Waals surface area contributed by atoms with E-state index in [0.717, 1.165) is 11.8 Å². The van der Waals surface area contributed by atoms with Crippen LogP contribution in [0.4, 0.5) is 0 Å². The molecule has 2 aromatic carbocycles. The Hall–Kier alpha value is -3.29. The summed E-state index contributed by atoms with van der Waals surface area (Å²) in [5.74, 6) is -3.58. The number of hydrogen-bond donors (Lipinski definition) is 1. The third-order valence-corrected chi connectivity index (χ3v) is 5.58. The zero-order valence-corrected chi connectivity index (χ0v) is 15.6.